The summed E-state index contributed by atoms with van der Waals surface area (Å²) >= 11 is 6.08. The Morgan fingerprint density at radius 2 is 1.63 bits per heavy atom. The van der Waals surface area contributed by atoms with Crippen LogP contribution >= 0.6 is 11.6 Å². The lowest BCUT2D eigenvalue weighted by Gasteiger charge is -2.27. The van der Waals surface area contributed by atoms with Crippen molar-refractivity contribution in [3.63, 3.8) is 0 Å². The van der Waals surface area contributed by atoms with E-state index in [2.05, 4.69) is 10.8 Å². The molecule has 0 bridgehead atoms. The Balaban J connectivity index is 2.08. The molecule has 156 valence electrons. The lowest BCUT2D eigenvalue weighted by molar-refractivity contribution is -0.155. The van der Waals surface area contributed by atoms with Gasteiger partial charge in [-0.2, -0.15) is 5.48 Å². The molecule has 0 aliphatic heterocycles. The molecule has 0 saturated carbocycles. The first-order valence-electron chi connectivity index (χ1n) is 9.94. The Hall–Kier alpha value is -2.89. The molecular weight excluding hydrogens is 400 g/mol. The van der Waals surface area contributed by atoms with Gasteiger partial charge in [0.2, 0.25) is 5.91 Å². The second-order valence-electron chi connectivity index (χ2n) is 7.13. The highest BCUT2D eigenvalue weighted by molar-refractivity contribution is 6.30. The summed E-state index contributed by atoms with van der Waals surface area (Å²) in [6, 6.07) is 20.4. The Labute approximate surface area is 181 Å². The minimum atomic E-state index is -0.908. The van der Waals surface area contributed by atoms with Crippen LogP contribution in [0.2, 0.25) is 5.02 Å². The molecule has 2 unspecified atom stereocenters. The van der Waals surface area contributed by atoms with Crippen LogP contribution in [0.3, 0.4) is 0 Å². The second-order valence-corrected chi connectivity index (χ2v) is 7.57. The number of hydrogen-bond acceptors (Lipinski definition) is 4. The number of halogens is 1. The molecule has 2 N–H and O–H groups in total. The molecule has 0 fully saturated rings. The fourth-order valence-electron chi connectivity index (χ4n) is 3.43. The predicted molar refractivity (Wildman–Crippen MR) is 119 cm³/mol. The van der Waals surface area contributed by atoms with Gasteiger partial charge in [0, 0.05) is 24.4 Å². The van der Waals surface area contributed by atoms with Gasteiger partial charge in [0.1, 0.15) is 6.04 Å². The molecule has 3 rings (SSSR count). The summed E-state index contributed by atoms with van der Waals surface area (Å²) in [6.45, 7) is 3.89. The number of carbonyl (C=O) groups is 2. The van der Waals surface area contributed by atoms with Gasteiger partial charge in [0.15, 0.2) is 0 Å². The van der Waals surface area contributed by atoms with Crippen LogP contribution in [-0.4, -0.2) is 24.5 Å². The first-order valence-corrected chi connectivity index (χ1v) is 10.3. The number of hydroxylamine groups is 1. The van der Waals surface area contributed by atoms with Gasteiger partial charge >= 0.3 is 5.97 Å². The van der Waals surface area contributed by atoms with E-state index in [4.69, 9.17) is 16.4 Å². The van der Waals surface area contributed by atoms with Gasteiger partial charge in [-0.25, -0.2) is 4.79 Å². The molecule has 0 aliphatic carbocycles. The Morgan fingerprint density at radius 3 is 2.30 bits per heavy atom. The first kappa shape index (κ1) is 21.8. The van der Waals surface area contributed by atoms with Crippen molar-refractivity contribution in [2.45, 2.75) is 32.2 Å². The first-order chi connectivity index (χ1) is 14.5. The molecule has 6 heteroatoms. The number of rotatable bonds is 8. The molecule has 0 heterocycles. The van der Waals surface area contributed by atoms with E-state index in [1.54, 1.807) is 12.1 Å². The van der Waals surface area contributed by atoms with Crippen LogP contribution in [0.25, 0.3) is 10.8 Å². The Bertz CT molecular complexity index is 1020. The molecule has 0 spiro atoms. The minimum Gasteiger partial charge on any atom is -0.369 e. The SMILES string of the molecule is CCCNOC(=O)C(NC(C)=O)C(c1ccc(Cl)cc1)c1ccc2ccccc2c1. The van der Waals surface area contributed by atoms with Crippen molar-refractivity contribution in [3.05, 3.63) is 82.9 Å². The zero-order valence-electron chi connectivity index (χ0n) is 17.0. The number of carbonyl (C=O) groups excluding carboxylic acids is 2. The van der Waals surface area contributed by atoms with E-state index in [1.807, 2.05) is 61.5 Å². The average molecular weight is 425 g/mol. The predicted octanol–water partition coefficient (Wildman–Crippen LogP) is 4.59. The highest BCUT2D eigenvalue weighted by atomic mass is 35.5. The monoisotopic (exact) mass is 424 g/mol. The normalized spacial score (nSPS) is 12.9. The summed E-state index contributed by atoms with van der Waals surface area (Å²) in [6.07, 6.45) is 0.809. The molecule has 0 radical (unpaired) electrons. The van der Waals surface area contributed by atoms with Crippen LogP contribution in [0, 0.1) is 0 Å². The standard InChI is InChI=1S/C24H25ClN2O3/c1-3-14-26-30-24(29)23(27-16(2)28)22(18-10-12-21(25)13-11-18)20-9-8-17-6-4-5-7-19(17)15-20/h4-13,15,22-23,26H,3,14H2,1-2H3,(H,27,28). The fourth-order valence-corrected chi connectivity index (χ4v) is 3.56. The molecule has 1 amide bonds. The van der Waals surface area contributed by atoms with Crippen molar-refractivity contribution in [1.82, 2.24) is 10.8 Å². The van der Waals surface area contributed by atoms with Crippen molar-refractivity contribution in [2.24, 2.45) is 0 Å². The summed E-state index contributed by atoms with van der Waals surface area (Å²) in [5, 5.41) is 5.52. The van der Waals surface area contributed by atoms with Gasteiger partial charge in [0.05, 0.1) is 0 Å². The average Bonchev–Trinajstić information content (AvgIpc) is 2.74. The van der Waals surface area contributed by atoms with Crippen LogP contribution in [0.5, 0.6) is 0 Å². The van der Waals surface area contributed by atoms with Crippen molar-refractivity contribution in [2.75, 3.05) is 6.54 Å². The fraction of sp³-hybridized carbons (Fsp3) is 0.250. The van der Waals surface area contributed by atoms with E-state index in [0.29, 0.717) is 11.6 Å². The maximum Gasteiger partial charge on any atom is 0.348 e. The maximum absolute atomic E-state index is 12.9. The number of fused-ring (bicyclic) bond motifs is 1. The van der Waals surface area contributed by atoms with Gasteiger partial charge in [-0.05, 0) is 40.5 Å². The zero-order chi connectivity index (χ0) is 21.5. The van der Waals surface area contributed by atoms with Crippen molar-refractivity contribution >= 4 is 34.2 Å². The highest BCUT2D eigenvalue weighted by Crippen LogP contribution is 2.32. The van der Waals surface area contributed by atoms with Crippen molar-refractivity contribution < 1.29 is 14.4 Å². The van der Waals surface area contributed by atoms with E-state index < -0.39 is 17.9 Å². The number of benzene rings is 3. The van der Waals surface area contributed by atoms with Crippen LogP contribution in [0.15, 0.2) is 66.7 Å². The van der Waals surface area contributed by atoms with Crippen LogP contribution in [-0.2, 0) is 14.4 Å². The maximum atomic E-state index is 12.9. The quantitative estimate of drug-likeness (QED) is 0.410. The topological polar surface area (TPSA) is 67.4 Å². The number of hydrogen-bond donors (Lipinski definition) is 2. The molecular formula is C24H25ClN2O3. The smallest absolute Gasteiger partial charge is 0.348 e. The second kappa shape index (κ2) is 10.2. The Kier molecular flexibility index (Phi) is 7.44. The molecule has 3 aromatic rings. The minimum absolute atomic E-state index is 0.313. The van der Waals surface area contributed by atoms with Gasteiger partial charge in [0.25, 0.3) is 0 Å². The van der Waals surface area contributed by atoms with Crippen LogP contribution in [0.4, 0.5) is 0 Å². The van der Waals surface area contributed by atoms with Gasteiger partial charge < -0.3 is 10.2 Å². The third kappa shape index (κ3) is 5.38. The number of nitrogens with one attached hydrogen (secondary N) is 2. The summed E-state index contributed by atoms with van der Waals surface area (Å²) in [5.74, 6) is -1.31. The van der Waals surface area contributed by atoms with Crippen molar-refractivity contribution in [3.8, 4) is 0 Å². The van der Waals surface area contributed by atoms with E-state index in [-0.39, 0.29) is 5.91 Å². The molecule has 3 aromatic carbocycles. The van der Waals surface area contributed by atoms with Crippen LogP contribution < -0.4 is 10.8 Å². The summed E-state index contributed by atoms with van der Waals surface area (Å²) < 4.78 is 0. The molecule has 0 aromatic heterocycles. The molecule has 0 aliphatic rings. The largest absolute Gasteiger partial charge is 0.369 e. The van der Waals surface area contributed by atoms with E-state index in [9.17, 15) is 9.59 Å². The third-order valence-electron chi connectivity index (χ3n) is 4.83. The number of amides is 1. The summed E-state index contributed by atoms with van der Waals surface area (Å²) in [7, 11) is 0. The zero-order valence-corrected chi connectivity index (χ0v) is 17.8. The third-order valence-corrected chi connectivity index (χ3v) is 5.08. The molecule has 30 heavy (non-hydrogen) atoms. The van der Waals surface area contributed by atoms with E-state index in [0.717, 1.165) is 28.3 Å². The van der Waals surface area contributed by atoms with E-state index in [1.165, 1.54) is 6.92 Å². The molecule has 0 saturated heterocycles. The highest BCUT2D eigenvalue weighted by Gasteiger charge is 2.33. The van der Waals surface area contributed by atoms with Gasteiger partial charge in [-0.15, -0.1) is 0 Å². The van der Waals surface area contributed by atoms with Crippen LogP contribution in [0.1, 0.15) is 37.3 Å². The lowest BCUT2D eigenvalue weighted by Crippen LogP contribution is -2.47. The van der Waals surface area contributed by atoms with Gasteiger partial charge in [-0.1, -0.05) is 73.1 Å². The Morgan fingerprint density at radius 1 is 0.967 bits per heavy atom. The van der Waals surface area contributed by atoms with Crippen molar-refractivity contribution in [1.29, 1.82) is 0 Å². The molecule has 2 atom stereocenters. The van der Waals surface area contributed by atoms with E-state index >= 15 is 0 Å². The molecule has 5 nitrogen and oxygen atoms in total. The lowest BCUT2D eigenvalue weighted by atomic mass is 9.84. The van der Waals surface area contributed by atoms with Gasteiger partial charge in [-0.3, -0.25) is 4.79 Å². The summed E-state index contributed by atoms with van der Waals surface area (Å²) in [4.78, 5) is 30.2. The summed E-state index contributed by atoms with van der Waals surface area (Å²) in [5.41, 5.74) is 4.40.